The van der Waals surface area contributed by atoms with Crippen molar-refractivity contribution in [3.05, 3.63) is 42.0 Å². The number of hydrogen-bond donors (Lipinski definition) is 0. The van der Waals surface area contributed by atoms with Crippen LogP contribution in [0.25, 0.3) is 0 Å². The molecule has 3 heterocycles. The Bertz CT molecular complexity index is 760. The van der Waals surface area contributed by atoms with E-state index in [1.54, 1.807) is 12.4 Å². The quantitative estimate of drug-likeness (QED) is 0.829. The zero-order valence-corrected chi connectivity index (χ0v) is 15.6. The SMILES string of the molecule is Cc1ccc(C(=O)N(CC2CC2)C2CCN(c3ncccn3)CC2)n1C. The molecule has 0 radical (unpaired) electrons. The van der Waals surface area contributed by atoms with Gasteiger partial charge in [0.2, 0.25) is 5.95 Å². The molecule has 1 amide bonds. The third-order valence-electron chi connectivity index (χ3n) is 5.74. The first-order valence-corrected chi connectivity index (χ1v) is 9.58. The lowest BCUT2D eigenvalue weighted by molar-refractivity contribution is 0.0628. The molecule has 1 saturated heterocycles. The summed E-state index contributed by atoms with van der Waals surface area (Å²) in [6.07, 6.45) is 8.03. The Labute approximate surface area is 154 Å². The lowest BCUT2D eigenvalue weighted by Gasteiger charge is -2.38. The number of hydrogen-bond acceptors (Lipinski definition) is 4. The molecule has 0 bridgehead atoms. The second-order valence-electron chi connectivity index (χ2n) is 7.59. The van der Waals surface area contributed by atoms with E-state index in [1.807, 2.05) is 36.7 Å². The summed E-state index contributed by atoms with van der Waals surface area (Å²) in [4.78, 5) is 26.4. The molecule has 1 saturated carbocycles. The molecule has 2 aliphatic rings. The molecular weight excluding hydrogens is 326 g/mol. The van der Waals surface area contributed by atoms with Crippen molar-refractivity contribution in [2.24, 2.45) is 13.0 Å². The smallest absolute Gasteiger partial charge is 0.270 e. The molecule has 0 aromatic carbocycles. The summed E-state index contributed by atoms with van der Waals surface area (Å²) in [7, 11) is 1.98. The third kappa shape index (κ3) is 3.45. The fourth-order valence-electron chi connectivity index (χ4n) is 3.78. The van der Waals surface area contributed by atoms with Gasteiger partial charge in [-0.3, -0.25) is 4.79 Å². The van der Waals surface area contributed by atoms with Gasteiger partial charge in [-0.2, -0.15) is 0 Å². The van der Waals surface area contributed by atoms with Gasteiger partial charge in [0.1, 0.15) is 5.69 Å². The second-order valence-corrected chi connectivity index (χ2v) is 7.59. The van der Waals surface area contributed by atoms with Gasteiger partial charge in [0.05, 0.1) is 0 Å². The highest BCUT2D eigenvalue weighted by Crippen LogP contribution is 2.32. The van der Waals surface area contributed by atoms with Crippen LogP contribution in [-0.2, 0) is 7.05 Å². The van der Waals surface area contributed by atoms with Crippen molar-refractivity contribution in [1.82, 2.24) is 19.4 Å². The van der Waals surface area contributed by atoms with E-state index >= 15 is 0 Å². The van der Waals surface area contributed by atoms with Crippen molar-refractivity contribution in [2.45, 2.75) is 38.6 Å². The van der Waals surface area contributed by atoms with Crippen molar-refractivity contribution < 1.29 is 4.79 Å². The number of nitrogens with zero attached hydrogens (tertiary/aromatic N) is 5. The predicted octanol–water partition coefficient (Wildman–Crippen LogP) is 2.64. The fraction of sp³-hybridized carbons (Fsp3) is 0.550. The largest absolute Gasteiger partial charge is 0.344 e. The molecule has 2 fully saturated rings. The summed E-state index contributed by atoms with van der Waals surface area (Å²) < 4.78 is 2.01. The van der Waals surface area contributed by atoms with Gasteiger partial charge >= 0.3 is 0 Å². The molecule has 1 aliphatic heterocycles. The minimum absolute atomic E-state index is 0.182. The van der Waals surface area contributed by atoms with Gasteiger partial charge in [-0.05, 0) is 56.7 Å². The first-order chi connectivity index (χ1) is 12.6. The second kappa shape index (κ2) is 7.09. The van der Waals surface area contributed by atoms with Gasteiger partial charge in [-0.25, -0.2) is 9.97 Å². The van der Waals surface area contributed by atoms with Crippen LogP contribution in [0, 0.1) is 12.8 Å². The van der Waals surface area contributed by atoms with Crippen LogP contribution in [0.4, 0.5) is 5.95 Å². The highest BCUT2D eigenvalue weighted by Gasteiger charge is 2.34. The minimum atomic E-state index is 0.182. The predicted molar refractivity (Wildman–Crippen MR) is 101 cm³/mol. The summed E-state index contributed by atoms with van der Waals surface area (Å²) in [5, 5.41) is 0. The van der Waals surface area contributed by atoms with E-state index < -0.39 is 0 Å². The number of anilines is 1. The van der Waals surface area contributed by atoms with Crippen LogP contribution in [0.3, 0.4) is 0 Å². The number of piperidine rings is 1. The number of rotatable bonds is 5. The van der Waals surface area contributed by atoms with Gasteiger partial charge in [0.25, 0.3) is 5.91 Å². The van der Waals surface area contributed by atoms with E-state index in [9.17, 15) is 4.79 Å². The van der Waals surface area contributed by atoms with Crippen LogP contribution in [0.1, 0.15) is 41.9 Å². The van der Waals surface area contributed by atoms with E-state index in [0.717, 1.165) is 49.8 Å². The Morgan fingerprint density at radius 3 is 2.42 bits per heavy atom. The van der Waals surface area contributed by atoms with Crippen LogP contribution in [0.5, 0.6) is 0 Å². The molecule has 6 nitrogen and oxygen atoms in total. The molecule has 138 valence electrons. The molecule has 1 aliphatic carbocycles. The van der Waals surface area contributed by atoms with Gasteiger partial charge in [-0.1, -0.05) is 0 Å². The number of amides is 1. The number of aromatic nitrogens is 3. The molecule has 26 heavy (non-hydrogen) atoms. The first-order valence-electron chi connectivity index (χ1n) is 9.58. The van der Waals surface area contributed by atoms with E-state index in [4.69, 9.17) is 0 Å². The number of aryl methyl sites for hydroxylation is 1. The highest BCUT2D eigenvalue weighted by molar-refractivity contribution is 5.93. The summed E-state index contributed by atoms with van der Waals surface area (Å²) in [5.74, 6) is 1.67. The van der Waals surface area contributed by atoms with Crippen molar-refractivity contribution in [2.75, 3.05) is 24.5 Å². The van der Waals surface area contributed by atoms with Crippen LogP contribution < -0.4 is 4.90 Å². The normalized spacial score (nSPS) is 18.2. The van der Waals surface area contributed by atoms with Crippen molar-refractivity contribution >= 4 is 11.9 Å². The summed E-state index contributed by atoms with van der Waals surface area (Å²) in [6, 6.07) is 6.13. The Morgan fingerprint density at radius 1 is 1.15 bits per heavy atom. The minimum Gasteiger partial charge on any atom is -0.344 e. The fourth-order valence-corrected chi connectivity index (χ4v) is 3.78. The van der Waals surface area contributed by atoms with Crippen LogP contribution in [0.2, 0.25) is 0 Å². The molecule has 0 atom stereocenters. The average molecular weight is 353 g/mol. The Morgan fingerprint density at radius 2 is 1.85 bits per heavy atom. The van der Waals surface area contributed by atoms with E-state index in [0.29, 0.717) is 12.0 Å². The summed E-state index contributed by atoms with van der Waals surface area (Å²) in [6.45, 7) is 4.74. The van der Waals surface area contributed by atoms with E-state index in [1.165, 1.54) is 12.8 Å². The van der Waals surface area contributed by atoms with E-state index in [-0.39, 0.29) is 5.91 Å². The molecular formula is C20H27N5O. The third-order valence-corrected chi connectivity index (χ3v) is 5.74. The Balaban J connectivity index is 1.47. The topological polar surface area (TPSA) is 54.3 Å². The van der Waals surface area contributed by atoms with Crippen LogP contribution in [-0.4, -0.2) is 51.0 Å². The molecule has 0 spiro atoms. The molecule has 2 aromatic rings. The first kappa shape index (κ1) is 17.1. The monoisotopic (exact) mass is 353 g/mol. The van der Waals surface area contributed by atoms with Crippen molar-refractivity contribution in [1.29, 1.82) is 0 Å². The summed E-state index contributed by atoms with van der Waals surface area (Å²) >= 11 is 0. The summed E-state index contributed by atoms with van der Waals surface area (Å²) in [5.41, 5.74) is 1.92. The maximum absolute atomic E-state index is 13.3. The highest BCUT2D eigenvalue weighted by atomic mass is 16.2. The van der Waals surface area contributed by atoms with Gasteiger partial charge in [0.15, 0.2) is 0 Å². The maximum Gasteiger partial charge on any atom is 0.270 e. The lowest BCUT2D eigenvalue weighted by atomic mass is 10.0. The van der Waals surface area contributed by atoms with Gasteiger partial charge < -0.3 is 14.4 Å². The zero-order valence-electron chi connectivity index (χ0n) is 15.6. The van der Waals surface area contributed by atoms with E-state index in [2.05, 4.69) is 19.8 Å². The number of carbonyl (C=O) groups excluding carboxylic acids is 1. The standard InChI is InChI=1S/C20H27N5O/c1-15-4-7-18(23(15)2)19(26)25(14-16-5-6-16)17-8-12-24(13-9-17)20-21-10-3-11-22-20/h3-4,7,10-11,16-17H,5-6,8-9,12-14H2,1-2H3. The van der Waals surface area contributed by atoms with Crippen LogP contribution >= 0.6 is 0 Å². The molecule has 2 aromatic heterocycles. The van der Waals surface area contributed by atoms with Crippen molar-refractivity contribution in [3.63, 3.8) is 0 Å². The molecule has 0 unspecified atom stereocenters. The molecule has 6 heteroatoms. The zero-order chi connectivity index (χ0) is 18.1. The Kier molecular flexibility index (Phi) is 4.66. The van der Waals surface area contributed by atoms with Gasteiger partial charge in [-0.15, -0.1) is 0 Å². The number of carbonyl (C=O) groups is 1. The van der Waals surface area contributed by atoms with Crippen molar-refractivity contribution in [3.8, 4) is 0 Å². The van der Waals surface area contributed by atoms with Gasteiger partial charge in [0, 0.05) is 50.8 Å². The average Bonchev–Trinajstić information content (AvgIpc) is 3.45. The molecule has 4 rings (SSSR count). The Hall–Kier alpha value is -2.37. The van der Waals surface area contributed by atoms with Crippen LogP contribution in [0.15, 0.2) is 30.6 Å². The molecule has 0 N–H and O–H groups in total. The maximum atomic E-state index is 13.3. The lowest BCUT2D eigenvalue weighted by Crippen LogP contribution is -2.49.